The second kappa shape index (κ2) is 12.0. The van der Waals surface area contributed by atoms with E-state index in [0.717, 1.165) is 65.1 Å². The molecule has 2 aromatic rings. The monoisotopic (exact) mass is 483 g/mol. The molecule has 2 fully saturated rings. The van der Waals surface area contributed by atoms with Gasteiger partial charge in [0, 0.05) is 64.6 Å². The number of carbonyl (C=O) groups excluding carboxylic acids is 1. The molecule has 35 heavy (non-hydrogen) atoms. The lowest BCUT2D eigenvalue weighted by molar-refractivity contribution is 0.0627. The largest absolute Gasteiger partial charge is 0.447 e. The van der Waals surface area contributed by atoms with Gasteiger partial charge in [-0.1, -0.05) is 38.0 Å². The van der Waals surface area contributed by atoms with E-state index in [1.165, 1.54) is 23.1 Å². The Morgan fingerprint density at radius 3 is 2.34 bits per heavy atom. The van der Waals surface area contributed by atoms with Gasteiger partial charge in [-0.2, -0.15) is 0 Å². The summed E-state index contributed by atoms with van der Waals surface area (Å²) in [5.41, 5.74) is 4.25. The van der Waals surface area contributed by atoms with Gasteiger partial charge in [-0.05, 0) is 31.4 Å². The van der Waals surface area contributed by atoms with Crippen LogP contribution < -0.4 is 4.90 Å². The van der Waals surface area contributed by atoms with Gasteiger partial charge in [-0.3, -0.25) is 14.6 Å². The maximum Gasteiger partial charge on any atom is 0.275 e. The molecule has 2 aliphatic heterocycles. The molecular formula is C27H41N5O3. The zero-order valence-corrected chi connectivity index (χ0v) is 21.6. The van der Waals surface area contributed by atoms with Crippen LogP contribution in [0.1, 0.15) is 53.7 Å². The highest BCUT2D eigenvalue weighted by Gasteiger charge is 2.26. The number of aromatic nitrogens is 1. The van der Waals surface area contributed by atoms with Crippen LogP contribution in [0, 0.1) is 13.8 Å². The Labute approximate surface area is 209 Å². The van der Waals surface area contributed by atoms with Crippen molar-refractivity contribution >= 4 is 11.6 Å². The molecule has 2 aliphatic rings. The predicted octanol–water partition coefficient (Wildman–Crippen LogP) is 2.92. The van der Waals surface area contributed by atoms with Crippen molar-refractivity contribution in [1.82, 2.24) is 19.7 Å². The minimum atomic E-state index is -0.232. The number of para-hydroxylation sites is 1. The average Bonchev–Trinajstić information content (AvgIpc) is 3.32. The van der Waals surface area contributed by atoms with Crippen molar-refractivity contribution in [1.29, 1.82) is 0 Å². The summed E-state index contributed by atoms with van der Waals surface area (Å²) in [5, 5.41) is 10.2. The summed E-state index contributed by atoms with van der Waals surface area (Å²) in [5.74, 6) is 0.547. The number of hydrogen-bond acceptors (Lipinski definition) is 7. The zero-order chi connectivity index (χ0) is 24.8. The van der Waals surface area contributed by atoms with E-state index in [1.807, 2.05) is 4.90 Å². The van der Waals surface area contributed by atoms with E-state index < -0.39 is 0 Å². The lowest BCUT2D eigenvalue weighted by atomic mass is 10.1. The second-order valence-corrected chi connectivity index (χ2v) is 10.0. The van der Waals surface area contributed by atoms with Crippen molar-refractivity contribution in [2.45, 2.75) is 52.7 Å². The molecule has 1 N–H and O–H groups in total. The maximum atomic E-state index is 13.0. The van der Waals surface area contributed by atoms with Crippen LogP contribution in [-0.2, 0) is 6.54 Å². The number of amides is 1. The first-order chi connectivity index (χ1) is 16.9. The molecule has 1 unspecified atom stereocenters. The number of carbonyl (C=O) groups is 1. The van der Waals surface area contributed by atoms with Gasteiger partial charge < -0.3 is 19.3 Å². The summed E-state index contributed by atoms with van der Waals surface area (Å²) in [7, 11) is 0. The number of aryl methyl sites for hydroxylation is 2. The fraction of sp³-hybridized carbons (Fsp3) is 0.630. The average molecular weight is 484 g/mol. The first kappa shape index (κ1) is 25.7. The number of anilines is 1. The summed E-state index contributed by atoms with van der Waals surface area (Å²) in [4.78, 5) is 26.5. The molecule has 0 aliphatic carbocycles. The number of nitrogens with zero attached hydrogens (tertiary/aromatic N) is 5. The quantitative estimate of drug-likeness (QED) is 0.588. The van der Waals surface area contributed by atoms with E-state index >= 15 is 0 Å². The third-order valence-corrected chi connectivity index (χ3v) is 7.28. The predicted molar refractivity (Wildman–Crippen MR) is 138 cm³/mol. The highest BCUT2D eigenvalue weighted by Crippen LogP contribution is 2.26. The molecule has 4 rings (SSSR count). The van der Waals surface area contributed by atoms with E-state index in [2.05, 4.69) is 58.7 Å². The summed E-state index contributed by atoms with van der Waals surface area (Å²) >= 11 is 0. The molecule has 1 amide bonds. The Bertz CT molecular complexity index is 941. The van der Waals surface area contributed by atoms with Gasteiger partial charge in [0.25, 0.3) is 5.91 Å². The molecule has 0 bridgehead atoms. The molecule has 1 aromatic heterocycles. The lowest BCUT2D eigenvalue weighted by Crippen LogP contribution is -2.49. The van der Waals surface area contributed by atoms with E-state index in [-0.39, 0.29) is 12.0 Å². The molecule has 1 atom stereocenters. The number of β-amino-alcohol motifs (C(OH)–C–C–N with tert-alkyl or cyclic N) is 1. The summed E-state index contributed by atoms with van der Waals surface area (Å²) in [6.45, 7) is 14.5. The van der Waals surface area contributed by atoms with Crippen molar-refractivity contribution in [2.75, 3.05) is 63.8 Å². The summed E-state index contributed by atoms with van der Waals surface area (Å²) in [6.07, 6.45) is 4.35. The Hall–Kier alpha value is -2.42. The van der Waals surface area contributed by atoms with Crippen LogP contribution in [0.4, 0.5) is 5.69 Å². The van der Waals surface area contributed by atoms with E-state index in [1.54, 1.807) is 0 Å². The first-order valence-corrected chi connectivity index (χ1v) is 13.1. The second-order valence-electron chi connectivity index (χ2n) is 10.0. The Kier molecular flexibility index (Phi) is 8.81. The number of benzene rings is 1. The molecule has 1 aromatic carbocycles. The highest BCUT2D eigenvalue weighted by molar-refractivity contribution is 5.92. The summed E-state index contributed by atoms with van der Waals surface area (Å²) < 4.78 is 5.67. The topological polar surface area (TPSA) is 76.3 Å². The minimum absolute atomic E-state index is 0.0490. The molecule has 2 saturated heterocycles. The Balaban J connectivity index is 1.23. The van der Waals surface area contributed by atoms with Crippen molar-refractivity contribution in [3.63, 3.8) is 0 Å². The van der Waals surface area contributed by atoms with Crippen LogP contribution in [0.15, 0.2) is 28.9 Å². The minimum Gasteiger partial charge on any atom is -0.447 e. The van der Waals surface area contributed by atoms with Gasteiger partial charge in [0.15, 0.2) is 5.69 Å². The van der Waals surface area contributed by atoms with Crippen molar-refractivity contribution < 1.29 is 14.3 Å². The SMILES string of the molecule is CCCCC(O)CN1CCN(Cc2nc(C(=O)N3CCN(c4c(C)cccc4C)CC3)co2)CC1. The van der Waals surface area contributed by atoms with Gasteiger partial charge in [0.2, 0.25) is 5.89 Å². The third-order valence-electron chi connectivity index (χ3n) is 7.28. The zero-order valence-electron chi connectivity index (χ0n) is 21.6. The van der Waals surface area contributed by atoms with Crippen LogP contribution in [-0.4, -0.2) is 95.7 Å². The van der Waals surface area contributed by atoms with Gasteiger partial charge in [-0.25, -0.2) is 4.98 Å². The Morgan fingerprint density at radius 1 is 1.03 bits per heavy atom. The lowest BCUT2D eigenvalue weighted by Gasteiger charge is -2.37. The number of aliphatic hydroxyl groups is 1. The highest BCUT2D eigenvalue weighted by atomic mass is 16.3. The molecule has 192 valence electrons. The van der Waals surface area contributed by atoms with Crippen LogP contribution in [0.2, 0.25) is 0 Å². The third kappa shape index (κ3) is 6.63. The van der Waals surface area contributed by atoms with Crippen molar-refractivity contribution in [3.8, 4) is 0 Å². The fourth-order valence-electron chi connectivity index (χ4n) is 5.23. The van der Waals surface area contributed by atoms with Crippen LogP contribution in [0.3, 0.4) is 0 Å². The number of unbranched alkanes of at least 4 members (excludes halogenated alkanes) is 1. The molecule has 0 radical (unpaired) electrons. The number of oxazole rings is 1. The van der Waals surface area contributed by atoms with Gasteiger partial charge >= 0.3 is 0 Å². The molecular weight excluding hydrogens is 442 g/mol. The van der Waals surface area contributed by atoms with Crippen LogP contribution in [0.5, 0.6) is 0 Å². The van der Waals surface area contributed by atoms with Crippen molar-refractivity contribution in [3.05, 3.63) is 47.2 Å². The number of aliphatic hydroxyl groups excluding tert-OH is 1. The number of piperazine rings is 2. The van der Waals surface area contributed by atoms with Crippen molar-refractivity contribution in [2.24, 2.45) is 0 Å². The van der Waals surface area contributed by atoms with E-state index in [0.29, 0.717) is 31.2 Å². The molecule has 0 saturated carbocycles. The van der Waals surface area contributed by atoms with Gasteiger partial charge in [0.05, 0.1) is 12.6 Å². The van der Waals surface area contributed by atoms with Gasteiger partial charge in [0.1, 0.15) is 6.26 Å². The Morgan fingerprint density at radius 2 is 1.69 bits per heavy atom. The first-order valence-electron chi connectivity index (χ1n) is 13.1. The molecule has 0 spiro atoms. The normalized spacial score (nSPS) is 18.7. The smallest absolute Gasteiger partial charge is 0.275 e. The summed E-state index contributed by atoms with van der Waals surface area (Å²) in [6, 6.07) is 6.39. The van der Waals surface area contributed by atoms with E-state index in [4.69, 9.17) is 4.42 Å². The molecule has 8 heteroatoms. The maximum absolute atomic E-state index is 13.0. The van der Waals surface area contributed by atoms with E-state index in [9.17, 15) is 9.90 Å². The number of hydrogen-bond donors (Lipinski definition) is 1. The van der Waals surface area contributed by atoms with Gasteiger partial charge in [-0.15, -0.1) is 0 Å². The molecule has 8 nitrogen and oxygen atoms in total. The number of rotatable bonds is 9. The molecule has 3 heterocycles. The fourth-order valence-corrected chi connectivity index (χ4v) is 5.23. The van der Waals surface area contributed by atoms with Crippen LogP contribution in [0.25, 0.3) is 0 Å². The standard InChI is InChI=1S/C27H41N5O3/c1-4-5-9-23(33)18-29-10-12-30(13-11-29)19-25-28-24(20-35-25)27(34)32-16-14-31(15-17-32)26-21(2)7-6-8-22(26)3/h6-8,20,23,33H,4-5,9-19H2,1-3H3. The van der Waals surface area contributed by atoms with Crippen LogP contribution >= 0.6 is 0 Å².